The minimum absolute atomic E-state index is 0.139. The number of aryl methyl sites for hydroxylation is 1. The van der Waals surface area contributed by atoms with Gasteiger partial charge in [-0.1, -0.05) is 0 Å². The number of anilines is 1. The number of carbonyl (C=O) groups excluding carboxylic acids is 1. The number of hydrogen-bond donors (Lipinski definition) is 1. The summed E-state index contributed by atoms with van der Waals surface area (Å²) in [5.74, 6) is -0.826. The van der Waals surface area contributed by atoms with Gasteiger partial charge in [0, 0.05) is 36.1 Å². The number of halogens is 3. The molecular formula is C15H15F3N4O2S. The normalized spacial score (nSPS) is 25.6. The van der Waals surface area contributed by atoms with Gasteiger partial charge in [-0.15, -0.1) is 0 Å². The van der Waals surface area contributed by atoms with Crippen molar-refractivity contribution in [1.29, 1.82) is 0 Å². The number of likely N-dealkylation sites (tertiary alicyclic amines) is 1. The van der Waals surface area contributed by atoms with E-state index in [9.17, 15) is 18.0 Å². The van der Waals surface area contributed by atoms with E-state index in [-0.39, 0.29) is 17.0 Å². The highest BCUT2D eigenvalue weighted by atomic mass is 32.1. The summed E-state index contributed by atoms with van der Waals surface area (Å²) in [6.45, 7) is 2.77. The van der Waals surface area contributed by atoms with Gasteiger partial charge in [0.15, 0.2) is 5.76 Å². The van der Waals surface area contributed by atoms with Gasteiger partial charge in [0.2, 0.25) is 11.0 Å². The molecule has 2 aromatic rings. The number of amides is 1. The fourth-order valence-corrected chi connectivity index (χ4v) is 4.23. The van der Waals surface area contributed by atoms with E-state index in [1.54, 1.807) is 17.9 Å². The second-order valence-corrected chi connectivity index (χ2v) is 7.31. The van der Waals surface area contributed by atoms with Crippen molar-refractivity contribution in [3.05, 3.63) is 29.5 Å². The van der Waals surface area contributed by atoms with E-state index in [2.05, 4.69) is 14.7 Å². The quantitative estimate of drug-likeness (QED) is 0.896. The Morgan fingerprint density at radius 3 is 2.88 bits per heavy atom. The zero-order valence-corrected chi connectivity index (χ0v) is 14.1. The third kappa shape index (κ3) is 2.68. The zero-order chi connectivity index (χ0) is 17.8. The lowest BCUT2D eigenvalue weighted by Crippen LogP contribution is -2.53. The molecule has 0 bridgehead atoms. The molecule has 0 aromatic carbocycles. The van der Waals surface area contributed by atoms with Gasteiger partial charge in [0.25, 0.3) is 5.91 Å². The standard InChI is InChI=1S/C15H15F3N4O2S/c1-8-3-5-24-10(8)11(23)22-6-9-2-4-14(9,7-22)20-13-19-12(21-25-13)15(16,17)18/h3,5,9H,2,4,6-7H2,1H3,(H,19,20,21). The summed E-state index contributed by atoms with van der Waals surface area (Å²) in [7, 11) is 0. The van der Waals surface area contributed by atoms with Crippen LogP contribution in [0.4, 0.5) is 18.3 Å². The lowest BCUT2D eigenvalue weighted by molar-refractivity contribution is -0.144. The zero-order valence-electron chi connectivity index (χ0n) is 13.3. The maximum atomic E-state index is 12.7. The fraction of sp³-hybridized carbons (Fsp3) is 0.533. The van der Waals surface area contributed by atoms with Crippen LogP contribution in [0, 0.1) is 12.8 Å². The van der Waals surface area contributed by atoms with Crippen molar-refractivity contribution in [3.63, 3.8) is 0 Å². The largest absolute Gasteiger partial charge is 0.459 e. The molecule has 3 heterocycles. The summed E-state index contributed by atoms with van der Waals surface area (Å²) >= 11 is 0.693. The number of fused-ring (bicyclic) bond motifs is 1. The van der Waals surface area contributed by atoms with Crippen LogP contribution in [0.3, 0.4) is 0 Å². The number of alkyl halides is 3. The van der Waals surface area contributed by atoms with E-state index in [0.29, 0.717) is 30.4 Å². The number of nitrogens with zero attached hydrogens (tertiary/aromatic N) is 3. The third-order valence-corrected chi connectivity index (χ3v) is 5.64. The van der Waals surface area contributed by atoms with Gasteiger partial charge < -0.3 is 14.6 Å². The Hall–Kier alpha value is -2.10. The van der Waals surface area contributed by atoms with Gasteiger partial charge in [-0.05, 0) is 25.8 Å². The van der Waals surface area contributed by atoms with Crippen molar-refractivity contribution in [2.75, 3.05) is 18.4 Å². The van der Waals surface area contributed by atoms with Gasteiger partial charge in [-0.25, -0.2) is 0 Å². The van der Waals surface area contributed by atoms with Crippen LogP contribution in [0.15, 0.2) is 16.7 Å². The topological polar surface area (TPSA) is 71.3 Å². The van der Waals surface area contributed by atoms with Crippen molar-refractivity contribution < 1.29 is 22.4 Å². The lowest BCUT2D eigenvalue weighted by atomic mass is 9.69. The van der Waals surface area contributed by atoms with E-state index >= 15 is 0 Å². The van der Waals surface area contributed by atoms with E-state index in [0.717, 1.165) is 18.4 Å². The highest BCUT2D eigenvalue weighted by Crippen LogP contribution is 2.47. The Kier molecular flexibility index (Phi) is 3.57. The monoisotopic (exact) mass is 372 g/mol. The van der Waals surface area contributed by atoms with Crippen LogP contribution in [-0.2, 0) is 6.18 Å². The van der Waals surface area contributed by atoms with E-state index < -0.39 is 17.5 Å². The number of nitrogens with one attached hydrogen (secondary N) is 1. The summed E-state index contributed by atoms with van der Waals surface area (Å²) in [6, 6.07) is 1.73. The first-order valence-corrected chi connectivity index (χ1v) is 8.58. The Labute approximate surface area is 145 Å². The average Bonchev–Trinajstić information content (AvgIpc) is 3.21. The molecule has 2 aliphatic rings. The summed E-state index contributed by atoms with van der Waals surface area (Å²) in [5, 5.41) is 3.25. The highest BCUT2D eigenvalue weighted by molar-refractivity contribution is 7.09. The fourth-order valence-electron chi connectivity index (χ4n) is 3.54. The molecule has 0 spiro atoms. The van der Waals surface area contributed by atoms with Crippen LogP contribution >= 0.6 is 11.5 Å². The van der Waals surface area contributed by atoms with Gasteiger partial charge in [-0.3, -0.25) is 4.79 Å². The number of carbonyl (C=O) groups is 1. The summed E-state index contributed by atoms with van der Waals surface area (Å²) in [6.07, 6.45) is -1.39. The van der Waals surface area contributed by atoms with Gasteiger partial charge >= 0.3 is 6.18 Å². The maximum absolute atomic E-state index is 12.7. The molecule has 2 unspecified atom stereocenters. The molecule has 1 saturated carbocycles. The van der Waals surface area contributed by atoms with Crippen molar-refractivity contribution in [2.45, 2.75) is 31.5 Å². The lowest BCUT2D eigenvalue weighted by Gasteiger charge is -2.44. The molecule has 1 N–H and O–H groups in total. The minimum atomic E-state index is -4.55. The molecule has 134 valence electrons. The molecular weight excluding hydrogens is 357 g/mol. The predicted octanol–water partition coefficient (Wildman–Crippen LogP) is 3.18. The molecule has 6 nitrogen and oxygen atoms in total. The molecule has 2 aromatic heterocycles. The summed E-state index contributed by atoms with van der Waals surface area (Å²) in [5.41, 5.74) is 0.337. The molecule has 1 aliphatic heterocycles. The Bertz CT molecular complexity index is 818. The minimum Gasteiger partial charge on any atom is -0.459 e. The SMILES string of the molecule is Cc1ccoc1C(=O)N1CC2CCC2(Nc2nc(C(F)(F)F)ns2)C1. The molecule has 25 heavy (non-hydrogen) atoms. The molecule has 1 aliphatic carbocycles. The van der Waals surface area contributed by atoms with Crippen LogP contribution in [0.5, 0.6) is 0 Å². The first kappa shape index (κ1) is 16.4. The smallest absolute Gasteiger partial charge is 0.452 e. The second kappa shape index (κ2) is 5.45. The number of aromatic nitrogens is 2. The van der Waals surface area contributed by atoms with Crippen LogP contribution in [-0.4, -0.2) is 38.8 Å². The molecule has 1 saturated heterocycles. The average molecular weight is 372 g/mol. The summed E-state index contributed by atoms with van der Waals surface area (Å²) in [4.78, 5) is 17.8. The Balaban J connectivity index is 1.50. The van der Waals surface area contributed by atoms with Crippen LogP contribution in [0.25, 0.3) is 0 Å². The molecule has 4 rings (SSSR count). The van der Waals surface area contributed by atoms with Crippen molar-refractivity contribution >= 4 is 22.6 Å². The highest BCUT2D eigenvalue weighted by Gasteiger charge is 2.55. The van der Waals surface area contributed by atoms with E-state index in [1.807, 2.05) is 0 Å². The summed E-state index contributed by atoms with van der Waals surface area (Å²) < 4.78 is 46.6. The third-order valence-electron chi connectivity index (χ3n) is 5.01. The molecule has 2 atom stereocenters. The Morgan fingerprint density at radius 2 is 2.32 bits per heavy atom. The van der Waals surface area contributed by atoms with Crippen LogP contribution in [0.2, 0.25) is 0 Å². The second-order valence-electron chi connectivity index (χ2n) is 6.56. The van der Waals surface area contributed by atoms with Gasteiger partial charge in [0.1, 0.15) is 0 Å². The molecule has 0 radical (unpaired) electrons. The van der Waals surface area contributed by atoms with Gasteiger partial charge in [0.05, 0.1) is 11.8 Å². The van der Waals surface area contributed by atoms with Crippen molar-refractivity contribution in [2.24, 2.45) is 5.92 Å². The molecule has 2 fully saturated rings. The van der Waals surface area contributed by atoms with Gasteiger partial charge in [-0.2, -0.15) is 22.5 Å². The number of rotatable bonds is 3. The maximum Gasteiger partial charge on any atom is 0.452 e. The van der Waals surface area contributed by atoms with Crippen LogP contribution < -0.4 is 5.32 Å². The number of hydrogen-bond acceptors (Lipinski definition) is 6. The predicted molar refractivity (Wildman–Crippen MR) is 83.3 cm³/mol. The first-order valence-electron chi connectivity index (χ1n) is 7.81. The van der Waals surface area contributed by atoms with Crippen LogP contribution in [0.1, 0.15) is 34.8 Å². The number of furan rings is 1. The Morgan fingerprint density at radius 1 is 1.52 bits per heavy atom. The molecule has 10 heteroatoms. The van der Waals surface area contributed by atoms with E-state index in [4.69, 9.17) is 4.42 Å². The van der Waals surface area contributed by atoms with Crippen molar-refractivity contribution in [1.82, 2.24) is 14.3 Å². The van der Waals surface area contributed by atoms with E-state index in [1.165, 1.54) is 6.26 Å². The molecule has 1 amide bonds. The first-order chi connectivity index (χ1) is 11.8. The van der Waals surface area contributed by atoms with Crippen molar-refractivity contribution in [3.8, 4) is 0 Å².